The average molecular weight is 353 g/mol. The van der Waals surface area contributed by atoms with Crippen LogP contribution in [0.15, 0.2) is 30.3 Å². The summed E-state index contributed by atoms with van der Waals surface area (Å²) >= 11 is 0. The molecule has 1 fully saturated rings. The number of carbonyl (C=O) groups excluding carboxylic acids is 1. The molecule has 1 aliphatic heterocycles. The fourth-order valence-electron chi connectivity index (χ4n) is 2.89. The van der Waals surface area contributed by atoms with Crippen molar-refractivity contribution in [1.29, 1.82) is 0 Å². The van der Waals surface area contributed by atoms with Crippen molar-refractivity contribution in [3.63, 3.8) is 0 Å². The van der Waals surface area contributed by atoms with E-state index in [1.54, 1.807) is 0 Å². The van der Waals surface area contributed by atoms with E-state index in [-0.39, 0.29) is 18.4 Å². The van der Waals surface area contributed by atoms with Crippen LogP contribution in [0.3, 0.4) is 0 Å². The number of amides is 1. The third kappa shape index (κ3) is 5.03. The second-order valence-corrected chi connectivity index (χ2v) is 8.51. The fourth-order valence-corrected chi connectivity index (χ4v) is 4.08. The Balaban J connectivity index is 1.78. The molecule has 1 amide bonds. The number of nitrogens with one attached hydrogen (secondary N) is 1. The maximum Gasteiger partial charge on any atom is 0.281 e. The second-order valence-electron chi connectivity index (χ2n) is 6.37. The molecule has 1 aliphatic rings. The van der Waals surface area contributed by atoms with Gasteiger partial charge in [-0.15, -0.1) is 0 Å². The van der Waals surface area contributed by atoms with Gasteiger partial charge in [-0.3, -0.25) is 4.79 Å². The molecule has 0 aliphatic carbocycles. The summed E-state index contributed by atoms with van der Waals surface area (Å²) < 4.78 is 27.0. The number of hydrogen-bond donors (Lipinski definition) is 1. The van der Waals surface area contributed by atoms with Crippen molar-refractivity contribution in [1.82, 2.24) is 13.9 Å². The van der Waals surface area contributed by atoms with Crippen LogP contribution in [0.2, 0.25) is 0 Å². The molecule has 0 radical (unpaired) electrons. The van der Waals surface area contributed by atoms with Crippen LogP contribution in [0.5, 0.6) is 0 Å². The minimum atomic E-state index is -3.44. The predicted octanol–water partition coefficient (Wildman–Crippen LogP) is 1.25. The van der Waals surface area contributed by atoms with Crippen molar-refractivity contribution >= 4 is 16.1 Å². The molecular weight excluding hydrogens is 326 g/mol. The van der Waals surface area contributed by atoms with Gasteiger partial charge in [0.15, 0.2) is 0 Å². The predicted molar refractivity (Wildman–Crippen MR) is 94.7 cm³/mol. The topological polar surface area (TPSA) is 69.7 Å². The molecule has 2 rings (SSSR count). The Morgan fingerprint density at radius 1 is 1.29 bits per heavy atom. The molecule has 1 aromatic rings. The lowest BCUT2D eigenvalue weighted by atomic mass is 9.99. The molecule has 6 nitrogen and oxygen atoms in total. The summed E-state index contributed by atoms with van der Waals surface area (Å²) in [5, 5.41) is 2.95. The van der Waals surface area contributed by atoms with Gasteiger partial charge in [-0.25, -0.2) is 0 Å². The lowest BCUT2D eigenvalue weighted by Crippen LogP contribution is -2.48. The lowest BCUT2D eigenvalue weighted by molar-refractivity contribution is -0.126. The first kappa shape index (κ1) is 18.9. The summed E-state index contributed by atoms with van der Waals surface area (Å²) in [6.45, 7) is 1.37. The van der Waals surface area contributed by atoms with Gasteiger partial charge in [-0.2, -0.15) is 17.0 Å². The molecule has 0 spiro atoms. The largest absolute Gasteiger partial charge is 0.356 e. The van der Waals surface area contributed by atoms with Gasteiger partial charge >= 0.3 is 0 Å². The minimum Gasteiger partial charge on any atom is -0.356 e. The van der Waals surface area contributed by atoms with Gasteiger partial charge in [0.1, 0.15) is 0 Å². The monoisotopic (exact) mass is 353 g/mol. The first-order valence-corrected chi connectivity index (χ1v) is 9.80. The highest BCUT2D eigenvalue weighted by Gasteiger charge is 2.33. The summed E-state index contributed by atoms with van der Waals surface area (Å²) in [4.78, 5) is 12.3. The van der Waals surface area contributed by atoms with E-state index in [1.165, 1.54) is 28.3 Å². The highest BCUT2D eigenvalue weighted by Crippen LogP contribution is 2.20. The molecular formula is C17H27N3O3S. The van der Waals surface area contributed by atoms with E-state index < -0.39 is 10.2 Å². The standard InChI is InChI=1S/C17H27N3O3S/c1-19(2)24(22,23)20-13-7-11-16(14-20)17(21)18-12-6-10-15-8-4-3-5-9-15/h3-5,8-9,16H,6-7,10-14H2,1-2H3,(H,18,21)/t16-/m1/s1. The van der Waals surface area contributed by atoms with Crippen LogP contribution in [0, 0.1) is 5.92 Å². The molecule has 1 aromatic carbocycles. The molecule has 0 aromatic heterocycles. The normalized spacial score (nSPS) is 19.4. The number of benzene rings is 1. The Labute approximate surface area is 145 Å². The van der Waals surface area contributed by atoms with Crippen molar-refractivity contribution in [3.8, 4) is 0 Å². The van der Waals surface area contributed by atoms with Crippen molar-refractivity contribution in [2.24, 2.45) is 5.92 Å². The number of nitrogens with zero attached hydrogens (tertiary/aromatic N) is 2. The Morgan fingerprint density at radius 3 is 2.67 bits per heavy atom. The van der Waals surface area contributed by atoms with Crippen LogP contribution in [-0.4, -0.2) is 56.7 Å². The number of piperidine rings is 1. The van der Waals surface area contributed by atoms with Crippen LogP contribution in [-0.2, 0) is 21.4 Å². The molecule has 0 bridgehead atoms. The molecule has 134 valence electrons. The van der Waals surface area contributed by atoms with E-state index in [0.29, 0.717) is 13.1 Å². The third-order valence-electron chi connectivity index (χ3n) is 4.33. The Morgan fingerprint density at radius 2 is 2.00 bits per heavy atom. The maximum atomic E-state index is 12.3. The van der Waals surface area contributed by atoms with E-state index in [4.69, 9.17) is 0 Å². The Bertz CT molecular complexity index is 632. The fraction of sp³-hybridized carbons (Fsp3) is 0.588. The van der Waals surface area contributed by atoms with Crippen LogP contribution >= 0.6 is 0 Å². The van der Waals surface area contributed by atoms with Crippen molar-refractivity contribution in [3.05, 3.63) is 35.9 Å². The van der Waals surface area contributed by atoms with Gasteiger partial charge in [0.05, 0.1) is 5.92 Å². The van der Waals surface area contributed by atoms with Crippen LogP contribution in [0.1, 0.15) is 24.8 Å². The molecule has 1 N–H and O–H groups in total. The SMILES string of the molecule is CN(C)S(=O)(=O)N1CCC[C@@H](C(=O)NCCCc2ccccc2)C1. The summed E-state index contributed by atoms with van der Waals surface area (Å²) in [7, 11) is -0.408. The molecule has 7 heteroatoms. The number of aryl methyl sites for hydroxylation is 1. The zero-order valence-electron chi connectivity index (χ0n) is 14.4. The van der Waals surface area contributed by atoms with Gasteiger partial charge in [0.25, 0.3) is 10.2 Å². The second kappa shape index (κ2) is 8.60. The summed E-state index contributed by atoms with van der Waals surface area (Å²) in [5.41, 5.74) is 1.26. The molecule has 1 heterocycles. The van der Waals surface area contributed by atoms with Crippen LogP contribution in [0.4, 0.5) is 0 Å². The van der Waals surface area contributed by atoms with Crippen LogP contribution in [0.25, 0.3) is 0 Å². The van der Waals surface area contributed by atoms with E-state index in [1.807, 2.05) is 18.2 Å². The van der Waals surface area contributed by atoms with Crippen LogP contribution < -0.4 is 5.32 Å². The first-order valence-electron chi connectivity index (χ1n) is 8.40. The number of hydrogen-bond acceptors (Lipinski definition) is 3. The zero-order valence-corrected chi connectivity index (χ0v) is 15.3. The van der Waals surface area contributed by atoms with Gasteiger partial charge in [0.2, 0.25) is 5.91 Å². The third-order valence-corrected chi connectivity index (χ3v) is 6.23. The summed E-state index contributed by atoms with van der Waals surface area (Å²) in [6.07, 6.45) is 3.26. The molecule has 24 heavy (non-hydrogen) atoms. The van der Waals surface area contributed by atoms with E-state index in [9.17, 15) is 13.2 Å². The number of rotatable bonds is 7. The smallest absolute Gasteiger partial charge is 0.281 e. The molecule has 1 atom stereocenters. The Hall–Kier alpha value is -1.44. The van der Waals surface area contributed by atoms with Gasteiger partial charge in [-0.05, 0) is 31.2 Å². The summed E-state index contributed by atoms with van der Waals surface area (Å²) in [6, 6.07) is 10.2. The lowest BCUT2D eigenvalue weighted by Gasteiger charge is -2.32. The molecule has 0 unspecified atom stereocenters. The van der Waals surface area contributed by atoms with Gasteiger partial charge < -0.3 is 5.32 Å². The minimum absolute atomic E-state index is 0.0401. The first-order chi connectivity index (χ1) is 11.4. The van der Waals surface area contributed by atoms with Gasteiger partial charge in [-0.1, -0.05) is 30.3 Å². The van der Waals surface area contributed by atoms with Crippen molar-refractivity contribution in [2.75, 3.05) is 33.7 Å². The summed E-state index contributed by atoms with van der Waals surface area (Å²) in [5.74, 6) is -0.299. The highest BCUT2D eigenvalue weighted by molar-refractivity contribution is 7.86. The van der Waals surface area contributed by atoms with E-state index in [0.717, 1.165) is 25.7 Å². The van der Waals surface area contributed by atoms with Crippen molar-refractivity contribution in [2.45, 2.75) is 25.7 Å². The van der Waals surface area contributed by atoms with Gasteiger partial charge in [0, 0.05) is 33.7 Å². The maximum absolute atomic E-state index is 12.3. The van der Waals surface area contributed by atoms with E-state index in [2.05, 4.69) is 17.4 Å². The van der Waals surface area contributed by atoms with E-state index >= 15 is 0 Å². The molecule has 0 saturated carbocycles. The molecule has 1 saturated heterocycles. The van der Waals surface area contributed by atoms with Crippen molar-refractivity contribution < 1.29 is 13.2 Å². The quantitative estimate of drug-likeness (QED) is 0.750. The Kier molecular flexibility index (Phi) is 6.77. The average Bonchev–Trinajstić information content (AvgIpc) is 2.59. The number of carbonyl (C=O) groups is 1. The zero-order chi connectivity index (χ0) is 17.6. The highest BCUT2D eigenvalue weighted by atomic mass is 32.2.